The first kappa shape index (κ1) is 21.1. The first-order valence-corrected chi connectivity index (χ1v) is 11.2. The number of benzene rings is 2. The van der Waals surface area contributed by atoms with Crippen molar-refractivity contribution in [3.05, 3.63) is 71.9 Å². The fourth-order valence-corrected chi connectivity index (χ4v) is 4.24. The van der Waals surface area contributed by atoms with Gasteiger partial charge in [0.15, 0.2) is 0 Å². The number of pyridine rings is 1. The number of amides is 1. The number of nitrogens with two attached hydrogens (primary N) is 1. The molecule has 0 radical (unpaired) electrons. The summed E-state index contributed by atoms with van der Waals surface area (Å²) in [5.74, 6) is 0.961. The lowest BCUT2D eigenvalue weighted by atomic mass is 10.00. The van der Waals surface area contributed by atoms with Gasteiger partial charge in [-0.1, -0.05) is 18.2 Å². The Morgan fingerprint density at radius 2 is 1.85 bits per heavy atom. The number of fused-ring (bicyclic) bond motifs is 1. The fraction of sp³-hybridized carbons (Fsp3) is 0.280. The number of rotatable bonds is 6. The van der Waals surface area contributed by atoms with Crippen molar-refractivity contribution < 1.29 is 14.3 Å². The molecule has 1 amide bonds. The third-order valence-corrected chi connectivity index (χ3v) is 5.97. The first-order chi connectivity index (χ1) is 16.2. The molecule has 33 heavy (non-hydrogen) atoms. The molecule has 1 unspecified atom stereocenters. The average molecular weight is 446 g/mol. The molecule has 2 aromatic carbocycles. The van der Waals surface area contributed by atoms with Crippen LogP contribution in [0.3, 0.4) is 0 Å². The summed E-state index contributed by atoms with van der Waals surface area (Å²) in [5, 5.41) is 6.81. The van der Waals surface area contributed by atoms with Crippen LogP contribution in [0, 0.1) is 0 Å². The molecule has 3 aromatic rings. The molecule has 0 saturated carbocycles. The molecule has 1 aromatic heterocycles. The van der Waals surface area contributed by atoms with E-state index in [1.165, 1.54) is 11.9 Å². The summed E-state index contributed by atoms with van der Waals surface area (Å²) >= 11 is 0. The van der Waals surface area contributed by atoms with Gasteiger partial charge in [-0.3, -0.25) is 4.79 Å². The van der Waals surface area contributed by atoms with Crippen LogP contribution in [0.15, 0.2) is 60.8 Å². The highest BCUT2D eigenvalue weighted by Crippen LogP contribution is 2.35. The third kappa shape index (κ3) is 4.70. The van der Waals surface area contributed by atoms with Crippen LogP contribution >= 0.6 is 0 Å². The number of para-hydroxylation sites is 1. The van der Waals surface area contributed by atoms with Crippen molar-refractivity contribution in [3.63, 3.8) is 0 Å². The molecule has 1 saturated heterocycles. The summed E-state index contributed by atoms with van der Waals surface area (Å²) in [4.78, 5) is 18.8. The highest BCUT2D eigenvalue weighted by molar-refractivity contribution is 5.98. The second-order valence-corrected chi connectivity index (χ2v) is 8.12. The lowest BCUT2D eigenvalue weighted by molar-refractivity contribution is 0.100. The SMILES string of the molecule is NC(=O)c1cnc(Nc2ccc(N3CCOCC3)cc2)cc1NC1CCOc2ccccc21. The van der Waals surface area contributed by atoms with Crippen molar-refractivity contribution in [1.82, 2.24) is 4.98 Å². The van der Waals surface area contributed by atoms with E-state index in [-0.39, 0.29) is 6.04 Å². The second-order valence-electron chi connectivity index (χ2n) is 8.12. The summed E-state index contributed by atoms with van der Waals surface area (Å²) in [5.41, 5.74) is 9.76. The Kier molecular flexibility index (Phi) is 5.99. The van der Waals surface area contributed by atoms with Crippen LogP contribution in [0.5, 0.6) is 5.75 Å². The number of carbonyl (C=O) groups is 1. The quantitative estimate of drug-likeness (QED) is 0.532. The zero-order valence-electron chi connectivity index (χ0n) is 18.3. The fourth-order valence-electron chi connectivity index (χ4n) is 4.24. The van der Waals surface area contributed by atoms with Gasteiger partial charge in [0.05, 0.1) is 37.1 Å². The number of anilines is 4. The van der Waals surface area contributed by atoms with Crippen LogP contribution in [-0.4, -0.2) is 43.8 Å². The maximum absolute atomic E-state index is 12.0. The van der Waals surface area contributed by atoms with Gasteiger partial charge in [0.1, 0.15) is 11.6 Å². The van der Waals surface area contributed by atoms with E-state index in [1.807, 2.05) is 42.5 Å². The highest BCUT2D eigenvalue weighted by Gasteiger charge is 2.23. The number of nitrogens with one attached hydrogen (secondary N) is 2. The zero-order valence-corrected chi connectivity index (χ0v) is 18.3. The smallest absolute Gasteiger partial charge is 0.252 e. The van der Waals surface area contributed by atoms with Gasteiger partial charge < -0.3 is 30.7 Å². The number of nitrogens with zero attached hydrogens (tertiary/aromatic N) is 2. The van der Waals surface area contributed by atoms with Crippen LogP contribution < -0.4 is 26.0 Å². The van der Waals surface area contributed by atoms with Crippen LogP contribution in [0.1, 0.15) is 28.4 Å². The van der Waals surface area contributed by atoms with E-state index >= 15 is 0 Å². The second kappa shape index (κ2) is 9.38. The Balaban J connectivity index is 1.35. The molecule has 5 rings (SSSR count). The summed E-state index contributed by atoms with van der Waals surface area (Å²) in [6.07, 6.45) is 2.30. The number of primary amides is 1. The summed E-state index contributed by atoms with van der Waals surface area (Å²) in [6.45, 7) is 3.90. The van der Waals surface area contributed by atoms with Crippen LogP contribution in [0.2, 0.25) is 0 Å². The van der Waals surface area contributed by atoms with Crippen molar-refractivity contribution in [2.24, 2.45) is 5.73 Å². The predicted molar refractivity (Wildman–Crippen MR) is 128 cm³/mol. The number of hydrogen-bond acceptors (Lipinski definition) is 7. The predicted octanol–water partition coefficient (Wildman–Crippen LogP) is 3.70. The Morgan fingerprint density at radius 1 is 1.06 bits per heavy atom. The Labute approximate surface area is 192 Å². The molecular formula is C25H27N5O3. The number of hydrogen-bond donors (Lipinski definition) is 3. The standard InChI is InChI=1S/C25H27N5O3/c26-25(31)20-16-27-24(28-17-5-7-18(8-6-17)30-10-13-32-14-11-30)15-22(20)29-21-9-12-33-23-4-2-1-3-19(21)23/h1-8,15-16,21H,9-14H2,(H2,26,31)(H2,27,28,29). The molecule has 1 atom stereocenters. The Morgan fingerprint density at radius 3 is 2.64 bits per heavy atom. The molecule has 0 bridgehead atoms. The third-order valence-electron chi connectivity index (χ3n) is 5.97. The molecule has 8 nitrogen and oxygen atoms in total. The minimum absolute atomic E-state index is 0.0103. The maximum atomic E-state index is 12.0. The van der Waals surface area contributed by atoms with Gasteiger partial charge >= 0.3 is 0 Å². The number of aromatic nitrogens is 1. The highest BCUT2D eigenvalue weighted by atomic mass is 16.5. The van der Waals surface area contributed by atoms with E-state index in [2.05, 4.69) is 32.7 Å². The number of carbonyl (C=O) groups excluding carboxylic acids is 1. The lowest BCUT2D eigenvalue weighted by Gasteiger charge is -2.29. The normalized spacial score (nSPS) is 17.6. The van der Waals surface area contributed by atoms with Crippen molar-refractivity contribution >= 4 is 28.8 Å². The largest absolute Gasteiger partial charge is 0.493 e. The minimum atomic E-state index is -0.522. The van der Waals surface area contributed by atoms with Crippen molar-refractivity contribution in [3.8, 4) is 5.75 Å². The van der Waals surface area contributed by atoms with E-state index < -0.39 is 5.91 Å². The van der Waals surface area contributed by atoms with Gasteiger partial charge in [0, 0.05) is 48.7 Å². The first-order valence-electron chi connectivity index (χ1n) is 11.2. The number of ether oxygens (including phenoxy) is 2. The van der Waals surface area contributed by atoms with E-state index in [9.17, 15) is 4.79 Å². The molecule has 0 aliphatic carbocycles. The van der Waals surface area contributed by atoms with Gasteiger partial charge in [-0.15, -0.1) is 0 Å². The summed E-state index contributed by atoms with van der Waals surface area (Å²) < 4.78 is 11.2. The van der Waals surface area contributed by atoms with Crippen molar-refractivity contribution in [2.75, 3.05) is 48.4 Å². The zero-order chi connectivity index (χ0) is 22.6. The summed E-state index contributed by atoms with van der Waals surface area (Å²) in [7, 11) is 0. The van der Waals surface area contributed by atoms with Crippen LogP contribution in [0.25, 0.3) is 0 Å². The Bertz CT molecular complexity index is 1130. The van der Waals surface area contributed by atoms with E-state index in [0.717, 1.165) is 49.7 Å². The topological polar surface area (TPSA) is 102 Å². The monoisotopic (exact) mass is 445 g/mol. The van der Waals surface area contributed by atoms with Crippen molar-refractivity contribution in [2.45, 2.75) is 12.5 Å². The molecule has 8 heteroatoms. The average Bonchev–Trinajstić information content (AvgIpc) is 2.85. The van der Waals surface area contributed by atoms with E-state index in [4.69, 9.17) is 15.2 Å². The van der Waals surface area contributed by atoms with Crippen molar-refractivity contribution in [1.29, 1.82) is 0 Å². The molecule has 170 valence electrons. The van der Waals surface area contributed by atoms with Crippen LogP contribution in [0.4, 0.5) is 22.9 Å². The molecular weight excluding hydrogens is 418 g/mol. The molecule has 2 aliphatic rings. The maximum Gasteiger partial charge on any atom is 0.252 e. The van der Waals surface area contributed by atoms with Gasteiger partial charge in [-0.05, 0) is 30.3 Å². The summed E-state index contributed by atoms with van der Waals surface area (Å²) in [6, 6.07) is 18.0. The molecule has 2 aliphatic heterocycles. The van der Waals surface area contributed by atoms with Gasteiger partial charge in [-0.25, -0.2) is 4.98 Å². The minimum Gasteiger partial charge on any atom is -0.493 e. The molecule has 1 fully saturated rings. The van der Waals surface area contributed by atoms with Gasteiger partial charge in [-0.2, -0.15) is 0 Å². The van der Waals surface area contributed by atoms with E-state index in [1.54, 1.807) is 0 Å². The lowest BCUT2D eigenvalue weighted by Crippen LogP contribution is -2.36. The van der Waals surface area contributed by atoms with E-state index in [0.29, 0.717) is 23.7 Å². The van der Waals surface area contributed by atoms with Gasteiger partial charge in [0.2, 0.25) is 0 Å². The molecule has 0 spiro atoms. The van der Waals surface area contributed by atoms with Crippen LogP contribution in [-0.2, 0) is 4.74 Å². The molecule has 3 heterocycles. The number of morpholine rings is 1. The molecule has 4 N–H and O–H groups in total. The van der Waals surface area contributed by atoms with Gasteiger partial charge in [0.25, 0.3) is 5.91 Å². The Hall–Kier alpha value is -3.78.